The molecule has 0 aromatic heterocycles. The van der Waals surface area contributed by atoms with Crippen LogP contribution in [-0.4, -0.2) is 31.7 Å². The molecule has 1 amide bonds. The van der Waals surface area contributed by atoms with Crippen LogP contribution in [0, 0.1) is 11.8 Å². The van der Waals surface area contributed by atoms with E-state index >= 15 is 0 Å². The number of rotatable bonds is 4. The first-order valence-corrected chi connectivity index (χ1v) is 5.72. The molecule has 0 bridgehead atoms. The zero-order chi connectivity index (χ0) is 11.3. The molecule has 1 fully saturated rings. The molecule has 0 aromatic carbocycles. The van der Waals surface area contributed by atoms with Crippen molar-refractivity contribution in [2.75, 3.05) is 19.8 Å². The summed E-state index contributed by atoms with van der Waals surface area (Å²) in [5.74, 6) is 0.602. The molecule has 0 aliphatic carbocycles. The van der Waals surface area contributed by atoms with Crippen LogP contribution in [-0.2, 0) is 9.53 Å². The van der Waals surface area contributed by atoms with E-state index in [-0.39, 0.29) is 24.2 Å². The lowest BCUT2D eigenvalue weighted by Gasteiger charge is -2.23. The van der Waals surface area contributed by atoms with Crippen LogP contribution < -0.4 is 11.1 Å². The van der Waals surface area contributed by atoms with Crippen molar-refractivity contribution in [3.8, 4) is 0 Å². The lowest BCUT2D eigenvalue weighted by atomic mass is 10.0. The summed E-state index contributed by atoms with van der Waals surface area (Å²) < 4.78 is 5.34. The van der Waals surface area contributed by atoms with E-state index in [4.69, 9.17) is 10.5 Å². The summed E-state index contributed by atoms with van der Waals surface area (Å²) in [7, 11) is 0. The van der Waals surface area contributed by atoms with Crippen LogP contribution in [0.25, 0.3) is 0 Å². The Morgan fingerprint density at radius 2 is 2.25 bits per heavy atom. The minimum absolute atomic E-state index is 0. The molecule has 4 nitrogen and oxygen atoms in total. The molecule has 1 aliphatic rings. The van der Waals surface area contributed by atoms with Crippen molar-refractivity contribution >= 4 is 18.3 Å². The summed E-state index contributed by atoms with van der Waals surface area (Å²) in [6.07, 6.45) is 2.23. The molecule has 1 unspecified atom stereocenters. The summed E-state index contributed by atoms with van der Waals surface area (Å²) >= 11 is 0. The van der Waals surface area contributed by atoms with Gasteiger partial charge in [0, 0.05) is 13.2 Å². The second-order valence-corrected chi connectivity index (χ2v) is 4.60. The van der Waals surface area contributed by atoms with Crippen LogP contribution in [0.3, 0.4) is 0 Å². The summed E-state index contributed by atoms with van der Waals surface area (Å²) in [6.45, 7) is 6.22. The lowest BCUT2D eigenvalue weighted by molar-refractivity contribution is -0.123. The van der Waals surface area contributed by atoms with Gasteiger partial charge in [0.15, 0.2) is 0 Å². The number of nitrogens with one attached hydrogen (secondary N) is 1. The quantitative estimate of drug-likeness (QED) is 0.780. The van der Waals surface area contributed by atoms with Gasteiger partial charge in [0.05, 0.1) is 12.6 Å². The molecule has 2 atom stereocenters. The average molecular weight is 251 g/mol. The number of carbonyl (C=O) groups excluding carboxylic acids is 1. The molecule has 1 saturated heterocycles. The van der Waals surface area contributed by atoms with Gasteiger partial charge in [-0.25, -0.2) is 0 Å². The lowest BCUT2D eigenvalue weighted by Crippen LogP contribution is -2.46. The Balaban J connectivity index is 0.00000225. The van der Waals surface area contributed by atoms with Gasteiger partial charge >= 0.3 is 0 Å². The van der Waals surface area contributed by atoms with Gasteiger partial charge in [-0.1, -0.05) is 13.8 Å². The minimum Gasteiger partial charge on any atom is -0.381 e. The van der Waals surface area contributed by atoms with Crippen molar-refractivity contribution in [3.05, 3.63) is 0 Å². The number of hydrogen-bond donors (Lipinski definition) is 2. The Morgan fingerprint density at radius 3 is 2.75 bits per heavy atom. The number of nitrogens with two attached hydrogens (primary N) is 1. The van der Waals surface area contributed by atoms with Crippen LogP contribution in [0.4, 0.5) is 0 Å². The topological polar surface area (TPSA) is 64.4 Å². The van der Waals surface area contributed by atoms with Gasteiger partial charge in [-0.15, -0.1) is 12.4 Å². The predicted molar refractivity (Wildman–Crippen MR) is 66.6 cm³/mol. The molecule has 5 heteroatoms. The Bertz CT molecular complexity index is 206. The van der Waals surface area contributed by atoms with Gasteiger partial charge in [0.25, 0.3) is 0 Å². The molecule has 1 rings (SSSR count). The Morgan fingerprint density at radius 1 is 1.56 bits per heavy atom. The number of amides is 1. The Labute approximate surface area is 104 Å². The second-order valence-electron chi connectivity index (χ2n) is 4.60. The van der Waals surface area contributed by atoms with E-state index in [2.05, 4.69) is 5.32 Å². The first kappa shape index (κ1) is 15.7. The van der Waals surface area contributed by atoms with Crippen LogP contribution >= 0.6 is 12.4 Å². The highest BCUT2D eigenvalue weighted by Crippen LogP contribution is 2.12. The van der Waals surface area contributed by atoms with Crippen LogP contribution in [0.15, 0.2) is 0 Å². The molecule has 0 saturated carbocycles. The number of halogens is 1. The smallest absolute Gasteiger partial charge is 0.237 e. The zero-order valence-corrected chi connectivity index (χ0v) is 10.9. The van der Waals surface area contributed by atoms with Crippen molar-refractivity contribution in [1.82, 2.24) is 5.32 Å². The van der Waals surface area contributed by atoms with E-state index in [9.17, 15) is 4.79 Å². The second kappa shape index (κ2) is 7.87. The van der Waals surface area contributed by atoms with E-state index in [1.165, 1.54) is 0 Å². The average Bonchev–Trinajstić information content (AvgIpc) is 2.26. The zero-order valence-electron chi connectivity index (χ0n) is 10.1. The third-order valence-electron chi connectivity index (χ3n) is 2.84. The van der Waals surface area contributed by atoms with Crippen LogP contribution in [0.1, 0.15) is 26.7 Å². The van der Waals surface area contributed by atoms with E-state index in [1.54, 1.807) is 0 Å². The van der Waals surface area contributed by atoms with Gasteiger partial charge in [0.2, 0.25) is 5.91 Å². The number of ether oxygens (including phenoxy) is 1. The summed E-state index contributed by atoms with van der Waals surface area (Å²) in [4.78, 5) is 11.6. The summed E-state index contributed by atoms with van der Waals surface area (Å²) in [5, 5.41) is 2.89. The van der Waals surface area contributed by atoms with Crippen molar-refractivity contribution in [1.29, 1.82) is 0 Å². The molecule has 0 spiro atoms. The molecular formula is C11H23ClN2O2. The third-order valence-corrected chi connectivity index (χ3v) is 2.84. The maximum Gasteiger partial charge on any atom is 0.237 e. The largest absolute Gasteiger partial charge is 0.381 e. The highest BCUT2D eigenvalue weighted by Gasteiger charge is 2.19. The summed E-state index contributed by atoms with van der Waals surface area (Å²) in [6, 6.07) is -0.394. The molecular weight excluding hydrogens is 228 g/mol. The maximum atomic E-state index is 11.6. The molecule has 1 heterocycles. The molecule has 0 aromatic rings. The van der Waals surface area contributed by atoms with Gasteiger partial charge in [-0.2, -0.15) is 0 Å². The molecule has 16 heavy (non-hydrogen) atoms. The third kappa shape index (κ3) is 5.14. The van der Waals surface area contributed by atoms with Gasteiger partial charge in [0.1, 0.15) is 0 Å². The van der Waals surface area contributed by atoms with E-state index in [0.29, 0.717) is 12.5 Å². The Hall–Kier alpha value is -0.320. The standard InChI is InChI=1S/C11H22N2O2.ClH/c1-8(2)10(12)11(14)13-6-9-4-3-5-15-7-9;/h8-10H,3-7,12H2,1-2H3,(H,13,14);1H/t9?,10-;/m1./s1. The highest BCUT2D eigenvalue weighted by molar-refractivity contribution is 5.85. The minimum atomic E-state index is -0.394. The summed E-state index contributed by atoms with van der Waals surface area (Å²) in [5.41, 5.74) is 5.73. The van der Waals surface area contributed by atoms with Crippen molar-refractivity contribution in [3.63, 3.8) is 0 Å². The predicted octanol–water partition coefficient (Wildman–Crippen LogP) is 0.934. The van der Waals surface area contributed by atoms with Crippen molar-refractivity contribution in [2.24, 2.45) is 17.6 Å². The maximum absolute atomic E-state index is 11.6. The van der Waals surface area contributed by atoms with Crippen LogP contribution in [0.5, 0.6) is 0 Å². The fourth-order valence-corrected chi connectivity index (χ4v) is 1.63. The van der Waals surface area contributed by atoms with E-state index in [0.717, 1.165) is 26.1 Å². The molecule has 96 valence electrons. The Kier molecular flexibility index (Phi) is 7.72. The van der Waals surface area contributed by atoms with Crippen LogP contribution in [0.2, 0.25) is 0 Å². The fourth-order valence-electron chi connectivity index (χ4n) is 1.63. The number of carbonyl (C=O) groups is 1. The molecule has 1 aliphatic heterocycles. The first-order chi connectivity index (χ1) is 7.11. The fraction of sp³-hybridized carbons (Fsp3) is 0.909. The number of hydrogen-bond acceptors (Lipinski definition) is 3. The monoisotopic (exact) mass is 250 g/mol. The van der Waals surface area contributed by atoms with Gasteiger partial charge in [-0.05, 0) is 24.7 Å². The van der Waals surface area contributed by atoms with Crippen molar-refractivity contribution in [2.45, 2.75) is 32.7 Å². The van der Waals surface area contributed by atoms with Gasteiger partial charge in [-0.3, -0.25) is 4.79 Å². The normalized spacial score (nSPS) is 22.4. The molecule has 3 N–H and O–H groups in total. The highest BCUT2D eigenvalue weighted by atomic mass is 35.5. The SMILES string of the molecule is CC(C)[C@@H](N)C(=O)NCC1CCCOC1.Cl. The van der Waals surface area contributed by atoms with Crippen molar-refractivity contribution < 1.29 is 9.53 Å². The van der Waals surface area contributed by atoms with E-state index in [1.807, 2.05) is 13.8 Å². The van der Waals surface area contributed by atoms with Gasteiger partial charge < -0.3 is 15.8 Å². The van der Waals surface area contributed by atoms with E-state index < -0.39 is 6.04 Å². The first-order valence-electron chi connectivity index (χ1n) is 5.72. The molecule has 0 radical (unpaired) electrons.